The van der Waals surface area contributed by atoms with Crippen LogP contribution in [-0.2, 0) is 27.1 Å². The number of alkyl halides is 1. The number of halogens is 4. The van der Waals surface area contributed by atoms with E-state index in [1.807, 2.05) is 18.2 Å². The Balaban J connectivity index is 1.16. The molecule has 1 saturated heterocycles. The molecule has 0 bridgehead atoms. The summed E-state index contributed by atoms with van der Waals surface area (Å²) in [6, 6.07) is 18.0. The van der Waals surface area contributed by atoms with E-state index >= 15 is 13.2 Å². The summed E-state index contributed by atoms with van der Waals surface area (Å²) in [5, 5.41) is 3.02. The van der Waals surface area contributed by atoms with Gasteiger partial charge in [0.15, 0.2) is 17.4 Å². The molecule has 1 aliphatic heterocycles. The normalized spacial score (nSPS) is 16.0. The lowest BCUT2D eigenvalue weighted by Gasteiger charge is -2.34. The minimum atomic E-state index is -4.38. The molecule has 12 nitrogen and oxygen atoms in total. The molecule has 1 fully saturated rings. The highest BCUT2D eigenvalue weighted by atomic mass is 32.2. The summed E-state index contributed by atoms with van der Waals surface area (Å²) >= 11 is 0. The minimum absolute atomic E-state index is 0.0324. The van der Waals surface area contributed by atoms with E-state index in [2.05, 4.69) is 25.3 Å². The fourth-order valence-corrected chi connectivity index (χ4v) is 6.38. The van der Waals surface area contributed by atoms with Crippen LogP contribution in [0.3, 0.4) is 0 Å². The Morgan fingerprint density at radius 2 is 1.69 bits per heavy atom. The third-order valence-electron chi connectivity index (χ3n) is 7.55. The van der Waals surface area contributed by atoms with Crippen molar-refractivity contribution in [1.29, 1.82) is 0 Å². The van der Waals surface area contributed by atoms with E-state index in [1.165, 1.54) is 53.8 Å². The quantitative estimate of drug-likeness (QED) is 0.118. The molecule has 5 aromatic rings. The number of aromatic nitrogens is 4. The van der Waals surface area contributed by atoms with Crippen LogP contribution in [0.2, 0.25) is 0 Å². The van der Waals surface area contributed by atoms with E-state index in [0.717, 1.165) is 5.56 Å². The van der Waals surface area contributed by atoms with Crippen molar-refractivity contribution in [3.05, 3.63) is 120 Å². The molecule has 3 aromatic heterocycles. The molecule has 0 radical (unpaired) electrons. The Hall–Kier alpha value is -5.84. The molecule has 264 valence electrons. The Morgan fingerprint density at radius 3 is 2.47 bits per heavy atom. The summed E-state index contributed by atoms with van der Waals surface area (Å²) in [6.07, 6.45) is 2.06. The fraction of sp³-hybridized carbons (Fsp3) is 0.206. The second kappa shape index (κ2) is 15.4. The number of carbonyl (C=O) groups excluding carboxylic acids is 1. The zero-order valence-electron chi connectivity index (χ0n) is 26.5. The maximum absolute atomic E-state index is 15.2. The van der Waals surface area contributed by atoms with Crippen molar-refractivity contribution in [1.82, 2.24) is 24.8 Å². The fourth-order valence-electron chi connectivity index (χ4n) is 5.24. The maximum atomic E-state index is 15.2. The minimum Gasteiger partial charge on any atom is -0.445 e. The molecular weight excluding hydrogens is 694 g/mol. The number of likely N-dealkylation sites (tertiary alicyclic amines) is 1. The van der Waals surface area contributed by atoms with Crippen LogP contribution < -0.4 is 14.8 Å². The van der Waals surface area contributed by atoms with Gasteiger partial charge in [0.05, 0.1) is 23.5 Å². The molecule has 51 heavy (non-hydrogen) atoms. The van der Waals surface area contributed by atoms with Gasteiger partial charge in [-0.05, 0) is 35.9 Å². The van der Waals surface area contributed by atoms with Crippen molar-refractivity contribution in [2.24, 2.45) is 0 Å². The van der Waals surface area contributed by atoms with Crippen LogP contribution in [0.1, 0.15) is 17.7 Å². The van der Waals surface area contributed by atoms with E-state index in [4.69, 9.17) is 9.47 Å². The van der Waals surface area contributed by atoms with Gasteiger partial charge in [0, 0.05) is 43.7 Å². The van der Waals surface area contributed by atoms with Crippen molar-refractivity contribution in [3.63, 3.8) is 0 Å². The first-order valence-electron chi connectivity index (χ1n) is 15.4. The summed E-state index contributed by atoms with van der Waals surface area (Å²) in [5.41, 5.74) is 0.0191. The number of nitrogens with one attached hydrogen (secondary N) is 2. The van der Waals surface area contributed by atoms with Crippen molar-refractivity contribution in [3.8, 4) is 22.9 Å². The van der Waals surface area contributed by atoms with Gasteiger partial charge in [-0.2, -0.15) is 4.39 Å². The number of pyridine rings is 2. The number of anilines is 2. The van der Waals surface area contributed by atoms with E-state index in [9.17, 15) is 17.6 Å². The van der Waals surface area contributed by atoms with Crippen LogP contribution in [0.5, 0.6) is 11.6 Å². The van der Waals surface area contributed by atoms with Crippen LogP contribution in [-0.4, -0.2) is 64.6 Å². The SMILES string of the molecule is O=C(OCc1ccccc1)N1C[C@@H](F)C[C@H](Nc2nccc(-c3cccnc3Oc3cc(F)c(NS(=O)(=O)Cc4ccccn4)c(F)c3F)n2)C1. The van der Waals surface area contributed by atoms with Crippen LogP contribution in [0.25, 0.3) is 11.3 Å². The topological polar surface area (TPSA) is 149 Å². The van der Waals surface area contributed by atoms with Crippen LogP contribution in [0.15, 0.2) is 91.4 Å². The summed E-state index contributed by atoms with van der Waals surface area (Å²) in [5.74, 6) is -6.83. The number of benzene rings is 2. The van der Waals surface area contributed by atoms with Gasteiger partial charge in [0.2, 0.25) is 27.7 Å². The Bertz CT molecular complexity index is 2120. The summed E-state index contributed by atoms with van der Waals surface area (Å²) in [6.45, 7) is -0.00186. The molecule has 2 N–H and O–H groups in total. The molecule has 6 rings (SSSR count). The number of sulfonamides is 1. The maximum Gasteiger partial charge on any atom is 0.410 e. The first-order chi connectivity index (χ1) is 24.5. The van der Waals surface area contributed by atoms with Gasteiger partial charge in [0.25, 0.3) is 0 Å². The third kappa shape index (κ3) is 8.85. The van der Waals surface area contributed by atoms with Crippen LogP contribution >= 0.6 is 0 Å². The molecule has 2 atom stereocenters. The first kappa shape index (κ1) is 35.0. The molecule has 0 aliphatic carbocycles. The Kier molecular flexibility index (Phi) is 10.5. The molecule has 2 aromatic carbocycles. The smallest absolute Gasteiger partial charge is 0.410 e. The summed E-state index contributed by atoms with van der Waals surface area (Å²) in [7, 11) is -4.38. The lowest BCUT2D eigenvalue weighted by molar-refractivity contribution is 0.0685. The monoisotopic (exact) mass is 723 g/mol. The number of amides is 1. The van der Waals surface area contributed by atoms with E-state index in [1.54, 1.807) is 22.9 Å². The molecule has 0 unspecified atom stereocenters. The van der Waals surface area contributed by atoms with E-state index < -0.39 is 63.0 Å². The third-order valence-corrected chi connectivity index (χ3v) is 8.74. The Labute approximate surface area is 289 Å². The van der Waals surface area contributed by atoms with Gasteiger partial charge >= 0.3 is 6.09 Å². The van der Waals surface area contributed by atoms with Gasteiger partial charge in [-0.3, -0.25) is 9.71 Å². The average molecular weight is 724 g/mol. The number of nitrogens with zero attached hydrogens (tertiary/aromatic N) is 5. The van der Waals surface area contributed by atoms with Crippen molar-refractivity contribution in [2.75, 3.05) is 23.1 Å². The number of carbonyl (C=O) groups is 1. The van der Waals surface area contributed by atoms with Crippen molar-refractivity contribution < 1.29 is 40.2 Å². The lowest BCUT2D eigenvalue weighted by Crippen LogP contribution is -2.50. The standard InChI is InChI=1S/C34H29F4N7O5S/c35-22-15-24(18-45(17-22)34(46)49-19-21-7-2-1-3-8-21)42-33-41-14-11-27(43-33)25-10-6-13-40-32(25)50-28-16-26(36)31(30(38)29(28)37)44-51(47,48)20-23-9-4-5-12-39-23/h1-14,16,22,24,44H,15,17-20H2,(H,41,42,43)/t22-,24-/m0/s1. The highest BCUT2D eigenvalue weighted by Gasteiger charge is 2.32. The molecule has 17 heteroatoms. The van der Waals surface area contributed by atoms with E-state index in [0.29, 0.717) is 6.07 Å². The second-order valence-electron chi connectivity index (χ2n) is 11.4. The summed E-state index contributed by atoms with van der Waals surface area (Å²) in [4.78, 5) is 30.5. The Morgan fingerprint density at radius 1 is 0.902 bits per heavy atom. The lowest BCUT2D eigenvalue weighted by atomic mass is 10.0. The highest BCUT2D eigenvalue weighted by molar-refractivity contribution is 7.91. The second-order valence-corrected chi connectivity index (χ2v) is 13.1. The van der Waals surface area contributed by atoms with Gasteiger partial charge in [-0.25, -0.2) is 41.3 Å². The summed E-state index contributed by atoms with van der Waals surface area (Å²) < 4.78 is 97.7. The predicted octanol–water partition coefficient (Wildman–Crippen LogP) is 6.25. The highest BCUT2D eigenvalue weighted by Crippen LogP contribution is 2.36. The number of rotatable bonds is 11. The van der Waals surface area contributed by atoms with Gasteiger partial charge in [-0.1, -0.05) is 36.4 Å². The number of piperidine rings is 1. The predicted molar refractivity (Wildman–Crippen MR) is 177 cm³/mol. The average Bonchev–Trinajstić information content (AvgIpc) is 3.12. The van der Waals surface area contributed by atoms with E-state index in [-0.39, 0.29) is 54.9 Å². The zero-order valence-corrected chi connectivity index (χ0v) is 27.4. The van der Waals surface area contributed by atoms with Crippen LogP contribution in [0.4, 0.5) is 34.0 Å². The first-order valence-corrected chi connectivity index (χ1v) is 17.1. The number of hydrogen-bond donors (Lipinski definition) is 2. The number of ether oxygens (including phenoxy) is 2. The van der Waals surface area contributed by atoms with Gasteiger partial charge in [-0.15, -0.1) is 0 Å². The van der Waals surface area contributed by atoms with Crippen molar-refractivity contribution >= 4 is 27.8 Å². The molecule has 0 spiro atoms. The van der Waals surface area contributed by atoms with Crippen LogP contribution in [0, 0.1) is 17.5 Å². The van der Waals surface area contributed by atoms with Crippen molar-refractivity contribution in [2.45, 2.75) is 31.0 Å². The molecule has 1 aliphatic rings. The van der Waals surface area contributed by atoms with Gasteiger partial charge in [0.1, 0.15) is 24.2 Å². The number of hydrogen-bond acceptors (Lipinski definition) is 10. The molecule has 4 heterocycles. The zero-order chi connectivity index (χ0) is 36.0. The molecular formula is C34H29F4N7O5S. The largest absolute Gasteiger partial charge is 0.445 e. The molecule has 0 saturated carbocycles. The molecule has 1 amide bonds. The van der Waals surface area contributed by atoms with Gasteiger partial charge < -0.3 is 19.7 Å².